The lowest BCUT2D eigenvalue weighted by molar-refractivity contribution is 0.0760. The standard InChI is InChI=1S/C26H28N2O2/c29-26(24-13-7-14-25(19-24)30-21-23-11-5-2-6-12-23)28-16-8-15-27(17-18-28)20-22-9-3-1-4-10-22/h1-7,9-14,19H,8,15-18,20-21H2. The van der Waals surface area contributed by atoms with Gasteiger partial charge in [-0.25, -0.2) is 0 Å². The van der Waals surface area contributed by atoms with Crippen molar-refractivity contribution in [3.63, 3.8) is 0 Å². The van der Waals surface area contributed by atoms with Crippen molar-refractivity contribution < 1.29 is 9.53 Å². The molecule has 0 atom stereocenters. The van der Waals surface area contributed by atoms with Gasteiger partial charge in [0.05, 0.1) is 0 Å². The molecular formula is C26H28N2O2. The van der Waals surface area contributed by atoms with Gasteiger partial charge in [0.1, 0.15) is 12.4 Å². The van der Waals surface area contributed by atoms with Gasteiger partial charge in [0, 0.05) is 38.3 Å². The van der Waals surface area contributed by atoms with Crippen molar-refractivity contribution in [1.82, 2.24) is 9.80 Å². The smallest absolute Gasteiger partial charge is 0.254 e. The topological polar surface area (TPSA) is 32.8 Å². The van der Waals surface area contributed by atoms with Gasteiger partial charge < -0.3 is 9.64 Å². The van der Waals surface area contributed by atoms with Crippen molar-refractivity contribution in [3.05, 3.63) is 102 Å². The lowest BCUT2D eigenvalue weighted by Gasteiger charge is -2.22. The minimum atomic E-state index is 0.0849. The van der Waals surface area contributed by atoms with Crippen LogP contribution in [0.15, 0.2) is 84.9 Å². The predicted octanol–water partition coefficient (Wildman–Crippen LogP) is 4.61. The van der Waals surface area contributed by atoms with Crippen LogP contribution in [0.1, 0.15) is 27.9 Å². The molecule has 0 unspecified atom stereocenters. The van der Waals surface area contributed by atoms with E-state index >= 15 is 0 Å². The molecule has 4 nitrogen and oxygen atoms in total. The average Bonchev–Trinajstić information content (AvgIpc) is 3.04. The van der Waals surface area contributed by atoms with E-state index in [9.17, 15) is 4.79 Å². The molecule has 1 fully saturated rings. The molecule has 0 bridgehead atoms. The molecule has 0 aromatic heterocycles. The van der Waals surface area contributed by atoms with Crippen molar-refractivity contribution in [3.8, 4) is 5.75 Å². The summed E-state index contributed by atoms with van der Waals surface area (Å²) in [6.07, 6.45) is 0.989. The Balaban J connectivity index is 1.34. The molecule has 0 saturated carbocycles. The number of hydrogen-bond acceptors (Lipinski definition) is 3. The first kappa shape index (κ1) is 20.2. The second-order valence-electron chi connectivity index (χ2n) is 7.71. The molecule has 3 aromatic carbocycles. The van der Waals surface area contributed by atoms with E-state index in [0.29, 0.717) is 12.2 Å². The van der Waals surface area contributed by atoms with Crippen LogP contribution in [-0.2, 0) is 13.2 Å². The number of ether oxygens (including phenoxy) is 1. The maximum atomic E-state index is 13.1. The average molecular weight is 401 g/mol. The minimum Gasteiger partial charge on any atom is -0.489 e. The number of hydrogen-bond donors (Lipinski definition) is 0. The molecule has 1 aliphatic heterocycles. The lowest BCUT2D eigenvalue weighted by Crippen LogP contribution is -2.35. The Kier molecular flexibility index (Phi) is 6.78. The van der Waals surface area contributed by atoms with Gasteiger partial charge in [0.2, 0.25) is 0 Å². The van der Waals surface area contributed by atoms with Gasteiger partial charge in [-0.15, -0.1) is 0 Å². The van der Waals surface area contributed by atoms with Crippen LogP contribution in [0.3, 0.4) is 0 Å². The molecule has 4 heteroatoms. The summed E-state index contributed by atoms with van der Waals surface area (Å²) >= 11 is 0. The van der Waals surface area contributed by atoms with E-state index in [0.717, 1.165) is 50.5 Å². The molecule has 0 aliphatic carbocycles. The Morgan fingerprint density at radius 3 is 2.27 bits per heavy atom. The fourth-order valence-electron chi connectivity index (χ4n) is 3.82. The first-order chi connectivity index (χ1) is 14.8. The molecule has 4 rings (SSSR count). The van der Waals surface area contributed by atoms with E-state index in [1.54, 1.807) is 0 Å². The highest BCUT2D eigenvalue weighted by molar-refractivity contribution is 5.94. The van der Waals surface area contributed by atoms with E-state index in [1.807, 2.05) is 65.6 Å². The van der Waals surface area contributed by atoms with Crippen LogP contribution >= 0.6 is 0 Å². The number of rotatable bonds is 6. The van der Waals surface area contributed by atoms with Crippen LogP contribution in [0, 0.1) is 0 Å². The number of nitrogens with zero attached hydrogens (tertiary/aromatic N) is 2. The molecule has 3 aromatic rings. The monoisotopic (exact) mass is 400 g/mol. The van der Waals surface area contributed by atoms with Gasteiger partial charge in [-0.3, -0.25) is 9.69 Å². The maximum absolute atomic E-state index is 13.1. The normalized spacial score (nSPS) is 14.9. The van der Waals surface area contributed by atoms with Crippen LogP contribution < -0.4 is 4.74 Å². The summed E-state index contributed by atoms with van der Waals surface area (Å²) in [4.78, 5) is 17.5. The number of amides is 1. The Hall–Kier alpha value is -3.11. The molecule has 0 N–H and O–H groups in total. The van der Waals surface area contributed by atoms with Gasteiger partial charge in [0.15, 0.2) is 0 Å². The van der Waals surface area contributed by atoms with Crippen molar-refractivity contribution in [1.29, 1.82) is 0 Å². The van der Waals surface area contributed by atoms with E-state index in [1.165, 1.54) is 5.56 Å². The van der Waals surface area contributed by atoms with E-state index in [-0.39, 0.29) is 5.91 Å². The zero-order valence-corrected chi connectivity index (χ0v) is 17.2. The summed E-state index contributed by atoms with van der Waals surface area (Å²) < 4.78 is 5.90. The fourth-order valence-corrected chi connectivity index (χ4v) is 3.82. The quantitative estimate of drug-likeness (QED) is 0.606. The predicted molar refractivity (Wildman–Crippen MR) is 119 cm³/mol. The number of carbonyl (C=O) groups is 1. The SMILES string of the molecule is O=C(c1cccc(OCc2ccccc2)c1)N1CCCN(Cc2ccccc2)CC1. The highest BCUT2D eigenvalue weighted by Crippen LogP contribution is 2.18. The summed E-state index contributed by atoms with van der Waals surface area (Å²) in [5.74, 6) is 0.812. The minimum absolute atomic E-state index is 0.0849. The molecule has 1 aliphatic rings. The van der Waals surface area contributed by atoms with Crippen LogP contribution in [0.25, 0.3) is 0 Å². The molecule has 1 saturated heterocycles. The summed E-state index contributed by atoms with van der Waals surface area (Å²) in [7, 11) is 0. The van der Waals surface area contributed by atoms with Gasteiger partial charge in [-0.2, -0.15) is 0 Å². The summed E-state index contributed by atoms with van der Waals surface area (Å²) in [6, 6.07) is 28.1. The fraction of sp³-hybridized carbons (Fsp3) is 0.269. The number of carbonyl (C=O) groups excluding carboxylic acids is 1. The third-order valence-corrected chi connectivity index (χ3v) is 5.45. The van der Waals surface area contributed by atoms with Crippen LogP contribution in [0.5, 0.6) is 5.75 Å². The summed E-state index contributed by atoms with van der Waals surface area (Å²) in [5.41, 5.74) is 3.12. The van der Waals surface area contributed by atoms with Crippen LogP contribution in [0.2, 0.25) is 0 Å². The number of benzene rings is 3. The molecule has 0 radical (unpaired) electrons. The highest BCUT2D eigenvalue weighted by atomic mass is 16.5. The van der Waals surface area contributed by atoms with Gasteiger partial charge in [0.25, 0.3) is 5.91 Å². The van der Waals surface area contributed by atoms with E-state index < -0.39 is 0 Å². The lowest BCUT2D eigenvalue weighted by atomic mass is 10.2. The van der Waals surface area contributed by atoms with E-state index in [4.69, 9.17) is 4.74 Å². The molecular weight excluding hydrogens is 372 g/mol. The molecule has 1 amide bonds. The molecule has 30 heavy (non-hydrogen) atoms. The van der Waals surface area contributed by atoms with Gasteiger partial charge in [-0.1, -0.05) is 66.7 Å². The van der Waals surface area contributed by atoms with Gasteiger partial charge >= 0.3 is 0 Å². The molecule has 0 spiro atoms. The first-order valence-corrected chi connectivity index (χ1v) is 10.6. The summed E-state index contributed by atoms with van der Waals surface area (Å²) in [6.45, 7) is 4.88. The largest absolute Gasteiger partial charge is 0.489 e. The van der Waals surface area contributed by atoms with Gasteiger partial charge in [-0.05, 0) is 35.7 Å². The third-order valence-electron chi connectivity index (χ3n) is 5.45. The Labute approximate surface area is 178 Å². The van der Waals surface area contributed by atoms with Crippen LogP contribution in [-0.4, -0.2) is 41.9 Å². The zero-order chi connectivity index (χ0) is 20.6. The Morgan fingerprint density at radius 1 is 0.767 bits per heavy atom. The van der Waals surface area contributed by atoms with Crippen molar-refractivity contribution in [2.45, 2.75) is 19.6 Å². The second-order valence-corrected chi connectivity index (χ2v) is 7.71. The van der Waals surface area contributed by atoms with Crippen LogP contribution in [0.4, 0.5) is 0 Å². The summed E-state index contributed by atoms with van der Waals surface area (Å²) in [5, 5.41) is 0. The highest BCUT2D eigenvalue weighted by Gasteiger charge is 2.20. The van der Waals surface area contributed by atoms with E-state index in [2.05, 4.69) is 29.2 Å². The van der Waals surface area contributed by atoms with Crippen molar-refractivity contribution >= 4 is 5.91 Å². The molecule has 154 valence electrons. The Bertz CT molecular complexity index is 944. The maximum Gasteiger partial charge on any atom is 0.254 e. The first-order valence-electron chi connectivity index (χ1n) is 10.6. The van der Waals surface area contributed by atoms with Crippen molar-refractivity contribution in [2.24, 2.45) is 0 Å². The zero-order valence-electron chi connectivity index (χ0n) is 17.2. The van der Waals surface area contributed by atoms with Crippen molar-refractivity contribution in [2.75, 3.05) is 26.2 Å². The second kappa shape index (κ2) is 10.1. The molecule has 1 heterocycles. The third kappa shape index (κ3) is 5.49. The Morgan fingerprint density at radius 2 is 1.50 bits per heavy atom.